The molecule has 0 saturated heterocycles. The molecule has 8 aromatic carbocycles. The minimum absolute atomic E-state index is 0.822. The highest BCUT2D eigenvalue weighted by Crippen LogP contribution is 2.51. The smallest absolute Gasteiger partial charge is 0.126 e. The van der Waals surface area contributed by atoms with Gasteiger partial charge in [0, 0.05) is 22.3 Å². The van der Waals surface area contributed by atoms with Gasteiger partial charge in [-0.2, -0.15) is 0 Å². The van der Waals surface area contributed by atoms with Gasteiger partial charge in [-0.05, 0) is 91.0 Å². The zero-order valence-corrected chi connectivity index (χ0v) is 27.3. The maximum Gasteiger partial charge on any atom is 0.126 e. The molecule has 0 aliphatic heterocycles. The molecule has 0 unspecified atom stereocenters. The van der Waals surface area contributed by atoms with E-state index in [1.165, 1.54) is 10.8 Å². The van der Waals surface area contributed by atoms with Gasteiger partial charge in [-0.25, -0.2) is 0 Å². The zero-order chi connectivity index (χ0) is 32.8. The Labute approximate surface area is 280 Å². The molecule has 0 spiro atoms. The highest BCUT2D eigenvalue weighted by Gasteiger charge is 2.24. The zero-order valence-electron chi connectivity index (χ0n) is 27.3. The maximum atomic E-state index is 5.93. The van der Waals surface area contributed by atoms with E-state index in [4.69, 9.17) is 18.9 Å². The summed E-state index contributed by atoms with van der Waals surface area (Å²) in [6.07, 6.45) is 0. The predicted octanol–water partition coefficient (Wildman–Crippen LogP) is 11.3. The molecular formula is C44H34O4. The summed E-state index contributed by atoms with van der Waals surface area (Å²) in [5.74, 6) is 3.29. The molecule has 4 nitrogen and oxygen atoms in total. The Morgan fingerprint density at radius 3 is 0.729 bits per heavy atom. The molecule has 0 amide bonds. The molecule has 0 aromatic heterocycles. The molecule has 234 valence electrons. The van der Waals surface area contributed by atoms with Gasteiger partial charge < -0.3 is 18.9 Å². The van der Waals surface area contributed by atoms with E-state index in [0.717, 1.165) is 89.1 Å². The van der Waals surface area contributed by atoms with Gasteiger partial charge in [0.1, 0.15) is 23.0 Å². The Balaban J connectivity index is 1.61. The molecular weight excluding hydrogens is 592 g/mol. The largest absolute Gasteiger partial charge is 0.496 e. The van der Waals surface area contributed by atoms with E-state index in [-0.39, 0.29) is 0 Å². The van der Waals surface area contributed by atoms with Crippen LogP contribution < -0.4 is 18.9 Å². The third-order valence-electron chi connectivity index (χ3n) is 9.49. The number of benzene rings is 8. The van der Waals surface area contributed by atoms with Crippen molar-refractivity contribution in [2.75, 3.05) is 28.4 Å². The van der Waals surface area contributed by atoms with Crippen LogP contribution in [0, 0.1) is 0 Å². The van der Waals surface area contributed by atoms with Gasteiger partial charge in [0.2, 0.25) is 0 Å². The van der Waals surface area contributed by atoms with Crippen molar-refractivity contribution in [2.45, 2.75) is 0 Å². The van der Waals surface area contributed by atoms with Crippen molar-refractivity contribution in [1.29, 1.82) is 0 Å². The van der Waals surface area contributed by atoms with E-state index in [1.54, 1.807) is 28.4 Å². The van der Waals surface area contributed by atoms with Gasteiger partial charge in [-0.1, -0.05) is 97.1 Å². The lowest BCUT2D eigenvalue weighted by Crippen LogP contribution is -1.97. The summed E-state index contributed by atoms with van der Waals surface area (Å²) in [5.41, 5.74) is 8.50. The highest BCUT2D eigenvalue weighted by atomic mass is 16.5. The van der Waals surface area contributed by atoms with Crippen LogP contribution in [0.15, 0.2) is 133 Å². The van der Waals surface area contributed by atoms with Crippen LogP contribution in [0.25, 0.3) is 76.8 Å². The number of hydrogen-bond acceptors (Lipinski definition) is 4. The molecule has 0 bridgehead atoms. The van der Waals surface area contributed by atoms with E-state index < -0.39 is 0 Å². The average molecular weight is 627 g/mol. The van der Waals surface area contributed by atoms with Crippen molar-refractivity contribution in [3.8, 4) is 67.5 Å². The molecule has 0 saturated carbocycles. The molecule has 0 aliphatic carbocycles. The fraction of sp³-hybridized carbons (Fsp3) is 0.0909. The lowest BCUT2D eigenvalue weighted by atomic mass is 9.81. The lowest BCUT2D eigenvalue weighted by molar-refractivity contribution is 0.416. The maximum absolute atomic E-state index is 5.93. The molecule has 0 atom stereocenters. The van der Waals surface area contributed by atoms with Crippen LogP contribution in [0.2, 0.25) is 0 Å². The van der Waals surface area contributed by atoms with Gasteiger partial charge in [-0.3, -0.25) is 0 Å². The van der Waals surface area contributed by atoms with Crippen molar-refractivity contribution in [1.82, 2.24) is 0 Å². The van der Waals surface area contributed by atoms with Crippen molar-refractivity contribution < 1.29 is 18.9 Å². The third-order valence-corrected chi connectivity index (χ3v) is 9.49. The molecule has 8 rings (SSSR count). The second kappa shape index (κ2) is 12.0. The Bertz CT molecular complexity index is 2120. The SMILES string of the molecule is COc1ccccc1-c1cc(-c2ccccc2OC)c2ccc3c(-c4ccccc4OC)cc(-c4ccccc4OC)c4ccc1c2c43. The summed E-state index contributed by atoms with van der Waals surface area (Å²) in [6, 6.07) is 46.6. The first-order valence-corrected chi connectivity index (χ1v) is 16.0. The summed E-state index contributed by atoms with van der Waals surface area (Å²) >= 11 is 0. The van der Waals surface area contributed by atoms with Crippen LogP contribution in [0.3, 0.4) is 0 Å². The van der Waals surface area contributed by atoms with E-state index in [0.29, 0.717) is 0 Å². The Kier molecular flexibility index (Phi) is 7.34. The first kappa shape index (κ1) is 29.4. The van der Waals surface area contributed by atoms with Crippen LogP contribution in [0.5, 0.6) is 23.0 Å². The lowest BCUT2D eigenvalue weighted by Gasteiger charge is -2.23. The number of ether oxygens (including phenoxy) is 4. The van der Waals surface area contributed by atoms with E-state index >= 15 is 0 Å². The molecule has 0 radical (unpaired) electrons. The second-order valence-electron chi connectivity index (χ2n) is 11.8. The van der Waals surface area contributed by atoms with Crippen molar-refractivity contribution in [3.63, 3.8) is 0 Å². The molecule has 8 aromatic rings. The number of methoxy groups -OCH3 is 4. The molecule has 0 heterocycles. The average Bonchev–Trinajstić information content (AvgIpc) is 3.16. The van der Waals surface area contributed by atoms with Crippen LogP contribution in [-0.2, 0) is 0 Å². The standard InChI is InChI=1S/C44H34O4/c1-45-39-17-9-5-13-27(39)35-25-36(28-14-6-10-18-40(28)46-2)32-23-24-34-38(30-16-8-12-20-42(30)48-4)26-37(29-15-7-11-19-41(29)47-3)33-22-21-31(35)43(32)44(33)34/h5-26H,1-4H3. The minimum atomic E-state index is 0.822. The van der Waals surface area contributed by atoms with Crippen molar-refractivity contribution >= 4 is 32.3 Å². The predicted molar refractivity (Wildman–Crippen MR) is 198 cm³/mol. The fourth-order valence-corrected chi connectivity index (χ4v) is 7.35. The summed E-state index contributed by atoms with van der Waals surface area (Å²) < 4.78 is 23.7. The summed E-state index contributed by atoms with van der Waals surface area (Å²) in [6.45, 7) is 0. The molecule has 0 aliphatic rings. The molecule has 48 heavy (non-hydrogen) atoms. The van der Waals surface area contributed by atoms with Crippen LogP contribution in [0.4, 0.5) is 0 Å². The molecule has 4 heteroatoms. The van der Waals surface area contributed by atoms with E-state index in [2.05, 4.69) is 84.9 Å². The van der Waals surface area contributed by atoms with Gasteiger partial charge >= 0.3 is 0 Å². The first-order chi connectivity index (χ1) is 23.7. The van der Waals surface area contributed by atoms with Crippen molar-refractivity contribution in [3.05, 3.63) is 133 Å². The Hall–Kier alpha value is -6.00. The highest BCUT2D eigenvalue weighted by molar-refractivity contribution is 6.32. The number of rotatable bonds is 8. The summed E-state index contributed by atoms with van der Waals surface area (Å²) in [5, 5.41) is 6.96. The minimum Gasteiger partial charge on any atom is -0.496 e. The van der Waals surface area contributed by atoms with Gasteiger partial charge in [-0.15, -0.1) is 0 Å². The molecule has 0 fully saturated rings. The number of para-hydroxylation sites is 4. The van der Waals surface area contributed by atoms with Crippen LogP contribution in [0.1, 0.15) is 0 Å². The second-order valence-corrected chi connectivity index (χ2v) is 11.8. The normalized spacial score (nSPS) is 11.3. The van der Waals surface area contributed by atoms with Gasteiger partial charge in [0.15, 0.2) is 0 Å². The van der Waals surface area contributed by atoms with Gasteiger partial charge in [0.25, 0.3) is 0 Å². The summed E-state index contributed by atoms with van der Waals surface area (Å²) in [7, 11) is 6.92. The third kappa shape index (κ3) is 4.52. The van der Waals surface area contributed by atoms with E-state index in [9.17, 15) is 0 Å². The first-order valence-electron chi connectivity index (χ1n) is 16.0. The van der Waals surface area contributed by atoms with Crippen LogP contribution >= 0.6 is 0 Å². The van der Waals surface area contributed by atoms with E-state index in [1.807, 2.05) is 48.5 Å². The quantitative estimate of drug-likeness (QED) is 0.157. The number of hydrogen-bond donors (Lipinski definition) is 0. The monoisotopic (exact) mass is 626 g/mol. The topological polar surface area (TPSA) is 36.9 Å². The van der Waals surface area contributed by atoms with Gasteiger partial charge in [0.05, 0.1) is 28.4 Å². The van der Waals surface area contributed by atoms with Crippen molar-refractivity contribution in [2.24, 2.45) is 0 Å². The fourth-order valence-electron chi connectivity index (χ4n) is 7.35. The molecule has 0 N–H and O–H groups in total. The Morgan fingerprint density at radius 1 is 0.271 bits per heavy atom. The summed E-state index contributed by atoms with van der Waals surface area (Å²) in [4.78, 5) is 0. The Morgan fingerprint density at radius 2 is 0.500 bits per heavy atom. The van der Waals surface area contributed by atoms with Crippen LogP contribution in [-0.4, -0.2) is 28.4 Å².